The molecule has 3 rings (SSSR count). The van der Waals surface area contributed by atoms with Crippen LogP contribution in [0.4, 0.5) is 0 Å². The summed E-state index contributed by atoms with van der Waals surface area (Å²) in [5.74, 6) is 1.42. The predicted molar refractivity (Wildman–Crippen MR) is 69.2 cm³/mol. The van der Waals surface area contributed by atoms with E-state index in [-0.39, 0.29) is 6.10 Å². The Labute approximate surface area is 117 Å². The molecule has 0 spiro atoms. The van der Waals surface area contributed by atoms with Crippen molar-refractivity contribution in [3.8, 4) is 0 Å². The molecule has 2 fully saturated rings. The summed E-state index contributed by atoms with van der Waals surface area (Å²) in [5, 5.41) is 13.0. The number of hydrogen-bond donors (Lipinski definition) is 1. The summed E-state index contributed by atoms with van der Waals surface area (Å²) >= 11 is 0. The number of rotatable bonds is 4. The maximum atomic E-state index is 10.9. The maximum absolute atomic E-state index is 10.9. The first-order valence-electron chi connectivity index (χ1n) is 7.39. The van der Waals surface area contributed by atoms with Gasteiger partial charge in [-0.1, -0.05) is 18.5 Å². The van der Waals surface area contributed by atoms with Crippen molar-refractivity contribution in [2.45, 2.75) is 63.6 Å². The zero-order valence-corrected chi connectivity index (χ0v) is 11.6. The summed E-state index contributed by atoms with van der Waals surface area (Å²) in [4.78, 5) is 15.3. The molecule has 6 heteroatoms. The molecule has 110 valence electrons. The van der Waals surface area contributed by atoms with Crippen LogP contribution in [0.5, 0.6) is 0 Å². The highest BCUT2D eigenvalue weighted by Crippen LogP contribution is 2.39. The number of ether oxygens (including phenoxy) is 1. The van der Waals surface area contributed by atoms with Crippen LogP contribution in [0.1, 0.15) is 69.2 Å². The molecule has 1 aliphatic heterocycles. The van der Waals surface area contributed by atoms with Gasteiger partial charge < -0.3 is 14.4 Å². The van der Waals surface area contributed by atoms with Crippen LogP contribution in [-0.4, -0.2) is 27.3 Å². The summed E-state index contributed by atoms with van der Waals surface area (Å²) in [6.45, 7) is 2.22. The maximum Gasteiger partial charge on any atom is 0.332 e. The molecule has 6 nitrogen and oxygen atoms in total. The van der Waals surface area contributed by atoms with Crippen LogP contribution in [0.25, 0.3) is 0 Å². The monoisotopic (exact) mass is 280 g/mol. The van der Waals surface area contributed by atoms with Crippen LogP contribution in [0, 0.1) is 5.92 Å². The van der Waals surface area contributed by atoms with Gasteiger partial charge in [0, 0.05) is 5.92 Å². The zero-order valence-electron chi connectivity index (χ0n) is 11.6. The van der Waals surface area contributed by atoms with Gasteiger partial charge in [-0.2, -0.15) is 4.98 Å². The highest BCUT2D eigenvalue weighted by atomic mass is 16.5. The van der Waals surface area contributed by atoms with Crippen LogP contribution in [0.2, 0.25) is 0 Å². The van der Waals surface area contributed by atoms with Crippen LogP contribution in [0.15, 0.2) is 4.52 Å². The molecular formula is C14H20N2O4. The first-order valence-corrected chi connectivity index (χ1v) is 7.39. The molecular weight excluding hydrogens is 260 g/mol. The summed E-state index contributed by atoms with van der Waals surface area (Å²) in [7, 11) is 0. The van der Waals surface area contributed by atoms with E-state index in [1.807, 2.05) is 0 Å². The van der Waals surface area contributed by atoms with E-state index in [0.717, 1.165) is 24.6 Å². The minimum absolute atomic E-state index is 0.360. The summed E-state index contributed by atoms with van der Waals surface area (Å²) in [6, 6.07) is 0. The molecule has 1 N–H and O–H groups in total. The fraction of sp³-hybridized carbons (Fsp3) is 0.786. The van der Waals surface area contributed by atoms with Gasteiger partial charge in [-0.25, -0.2) is 4.79 Å². The Hall–Kier alpha value is -1.43. The lowest BCUT2D eigenvalue weighted by molar-refractivity contribution is -0.150. The van der Waals surface area contributed by atoms with Gasteiger partial charge in [0.1, 0.15) is 6.10 Å². The Morgan fingerprint density at radius 3 is 2.85 bits per heavy atom. The van der Waals surface area contributed by atoms with Gasteiger partial charge in [0.25, 0.3) is 5.89 Å². The van der Waals surface area contributed by atoms with Crippen molar-refractivity contribution in [2.24, 2.45) is 5.92 Å². The van der Waals surface area contributed by atoms with E-state index >= 15 is 0 Å². The fourth-order valence-corrected chi connectivity index (χ4v) is 3.22. The van der Waals surface area contributed by atoms with Gasteiger partial charge in [-0.3, -0.25) is 0 Å². The summed E-state index contributed by atoms with van der Waals surface area (Å²) in [6.07, 6.45) is 4.69. The Morgan fingerprint density at radius 1 is 1.35 bits per heavy atom. The molecule has 4 unspecified atom stereocenters. The Morgan fingerprint density at radius 2 is 2.20 bits per heavy atom. The van der Waals surface area contributed by atoms with Crippen molar-refractivity contribution in [1.29, 1.82) is 0 Å². The van der Waals surface area contributed by atoms with E-state index in [2.05, 4.69) is 17.1 Å². The predicted octanol–water partition coefficient (Wildman–Crippen LogP) is 2.67. The van der Waals surface area contributed by atoms with Crippen molar-refractivity contribution in [3.63, 3.8) is 0 Å². The van der Waals surface area contributed by atoms with E-state index < -0.39 is 12.1 Å². The van der Waals surface area contributed by atoms with E-state index in [1.165, 1.54) is 12.8 Å². The van der Waals surface area contributed by atoms with E-state index in [1.54, 1.807) is 0 Å². The van der Waals surface area contributed by atoms with Crippen molar-refractivity contribution in [2.75, 3.05) is 0 Å². The topological polar surface area (TPSA) is 85.5 Å². The second-order valence-corrected chi connectivity index (χ2v) is 5.80. The SMILES string of the molecule is CCC1CCC(c2noc(C3CCC(C(=O)O)O3)n2)C1. The first-order chi connectivity index (χ1) is 9.67. The van der Waals surface area contributed by atoms with Crippen molar-refractivity contribution < 1.29 is 19.2 Å². The number of hydrogen-bond acceptors (Lipinski definition) is 5. The number of aromatic nitrogens is 2. The van der Waals surface area contributed by atoms with Gasteiger partial charge in [0.15, 0.2) is 11.9 Å². The zero-order chi connectivity index (χ0) is 14.1. The standard InChI is InChI=1S/C14H20N2O4/c1-2-8-3-4-9(7-8)12-15-13(20-16-12)10-5-6-11(19-10)14(17)18/h8-11H,2-7H2,1H3,(H,17,18). The fourth-order valence-electron chi connectivity index (χ4n) is 3.22. The molecule has 2 heterocycles. The molecule has 1 aromatic rings. The smallest absolute Gasteiger partial charge is 0.332 e. The van der Waals surface area contributed by atoms with Crippen LogP contribution >= 0.6 is 0 Å². The van der Waals surface area contributed by atoms with Gasteiger partial charge in [-0.15, -0.1) is 0 Å². The molecule has 0 amide bonds. The third-order valence-corrected chi connectivity index (χ3v) is 4.51. The van der Waals surface area contributed by atoms with Crippen molar-refractivity contribution >= 4 is 5.97 Å². The summed E-state index contributed by atoms with van der Waals surface area (Å²) < 4.78 is 10.7. The molecule has 0 aromatic carbocycles. The molecule has 20 heavy (non-hydrogen) atoms. The first kappa shape index (κ1) is 13.5. The van der Waals surface area contributed by atoms with Gasteiger partial charge >= 0.3 is 5.97 Å². The van der Waals surface area contributed by atoms with E-state index in [9.17, 15) is 4.79 Å². The Bertz CT molecular complexity index is 487. The molecule has 4 atom stereocenters. The minimum atomic E-state index is -0.922. The lowest BCUT2D eigenvalue weighted by Crippen LogP contribution is -2.18. The average Bonchev–Trinajstić information content (AvgIpc) is 3.17. The van der Waals surface area contributed by atoms with Crippen molar-refractivity contribution in [3.05, 3.63) is 11.7 Å². The lowest BCUT2D eigenvalue weighted by atomic mass is 10.0. The molecule has 1 aliphatic carbocycles. The third kappa shape index (κ3) is 2.57. The van der Waals surface area contributed by atoms with Gasteiger partial charge in [0.05, 0.1) is 0 Å². The highest BCUT2D eigenvalue weighted by molar-refractivity contribution is 5.72. The van der Waals surface area contributed by atoms with Crippen molar-refractivity contribution in [1.82, 2.24) is 10.1 Å². The average molecular weight is 280 g/mol. The molecule has 2 aliphatic rings. The third-order valence-electron chi connectivity index (χ3n) is 4.51. The molecule has 1 saturated carbocycles. The second-order valence-electron chi connectivity index (χ2n) is 5.80. The Balaban J connectivity index is 1.64. The number of carboxylic acid groups (broad SMARTS) is 1. The number of carboxylic acids is 1. The largest absolute Gasteiger partial charge is 0.479 e. The minimum Gasteiger partial charge on any atom is -0.479 e. The summed E-state index contributed by atoms with van der Waals surface area (Å²) in [5.41, 5.74) is 0. The van der Waals surface area contributed by atoms with Gasteiger partial charge in [0.2, 0.25) is 0 Å². The normalized spacial score (nSPS) is 33.6. The van der Waals surface area contributed by atoms with Crippen LogP contribution in [0.3, 0.4) is 0 Å². The molecule has 0 radical (unpaired) electrons. The van der Waals surface area contributed by atoms with Crippen LogP contribution < -0.4 is 0 Å². The molecule has 1 aromatic heterocycles. The van der Waals surface area contributed by atoms with Gasteiger partial charge in [-0.05, 0) is 38.0 Å². The number of aliphatic carboxylic acids is 1. The number of carbonyl (C=O) groups is 1. The molecule has 0 bridgehead atoms. The van der Waals surface area contributed by atoms with Crippen LogP contribution in [-0.2, 0) is 9.53 Å². The lowest BCUT2D eigenvalue weighted by Gasteiger charge is -2.06. The Kier molecular flexibility index (Phi) is 3.74. The quantitative estimate of drug-likeness (QED) is 0.912. The second kappa shape index (κ2) is 5.52. The van der Waals surface area contributed by atoms with E-state index in [0.29, 0.717) is 24.7 Å². The van der Waals surface area contributed by atoms with E-state index in [4.69, 9.17) is 14.4 Å². The highest BCUT2D eigenvalue weighted by Gasteiger charge is 2.36. The number of nitrogens with zero attached hydrogens (tertiary/aromatic N) is 2. The molecule has 1 saturated heterocycles.